The molecule has 0 radical (unpaired) electrons. The van der Waals surface area contributed by atoms with Crippen LogP contribution in [-0.2, 0) is 0 Å². The van der Waals surface area contributed by atoms with Gasteiger partial charge in [-0.05, 0) is 34.8 Å². The second-order valence-corrected chi connectivity index (χ2v) is 5.45. The van der Waals surface area contributed by atoms with E-state index in [1.807, 2.05) is 0 Å². The highest BCUT2D eigenvalue weighted by Gasteiger charge is 2.31. The number of rotatable bonds is 3. The zero-order valence-corrected chi connectivity index (χ0v) is 11.8. The Hall–Kier alpha value is -1.63. The minimum atomic E-state index is -0.198. The van der Waals surface area contributed by atoms with Crippen LogP contribution in [0.25, 0.3) is 0 Å². The Labute approximate surface area is 119 Å². The van der Waals surface area contributed by atoms with E-state index in [0.29, 0.717) is 5.56 Å². The minimum Gasteiger partial charge on any atom is -0.409 e. The van der Waals surface area contributed by atoms with Crippen LogP contribution in [0.5, 0.6) is 0 Å². The molecule has 1 aliphatic carbocycles. The lowest BCUT2D eigenvalue weighted by molar-refractivity contribution is 0.0933. The Bertz CT molecular complexity index is 506. The first kappa shape index (κ1) is 13.8. The third-order valence-electron chi connectivity index (χ3n) is 3.29. The standard InChI is InChI=1S/C12H15BrN4O2/c13-8-4-7(5-15-6-8)12(18)16-10-3-1-2-9(10)11(14)17-19/h4-6,9-10,19H,1-3H2,(H2,14,17)(H,16,18). The number of carbonyl (C=O) groups excluding carboxylic acids is 1. The summed E-state index contributed by atoms with van der Waals surface area (Å²) in [6, 6.07) is 1.61. The molecule has 4 N–H and O–H groups in total. The van der Waals surface area contributed by atoms with E-state index in [0.717, 1.165) is 23.7 Å². The Balaban J connectivity index is 2.06. The summed E-state index contributed by atoms with van der Waals surface area (Å²) in [6.07, 6.45) is 5.72. The summed E-state index contributed by atoms with van der Waals surface area (Å²) in [5.41, 5.74) is 6.12. The lowest BCUT2D eigenvalue weighted by Gasteiger charge is -2.19. The summed E-state index contributed by atoms with van der Waals surface area (Å²) in [5, 5.41) is 14.7. The predicted octanol–water partition coefficient (Wildman–Crippen LogP) is 1.49. The van der Waals surface area contributed by atoms with E-state index >= 15 is 0 Å². The lowest BCUT2D eigenvalue weighted by Crippen LogP contribution is -2.42. The van der Waals surface area contributed by atoms with Crippen LogP contribution in [0.1, 0.15) is 29.6 Å². The molecule has 2 unspecified atom stereocenters. The highest BCUT2D eigenvalue weighted by molar-refractivity contribution is 9.10. The number of halogens is 1. The molecule has 0 spiro atoms. The number of hydrogen-bond acceptors (Lipinski definition) is 4. The molecule has 1 aliphatic rings. The van der Waals surface area contributed by atoms with Crippen LogP contribution in [0, 0.1) is 5.92 Å². The van der Waals surface area contributed by atoms with Gasteiger partial charge < -0.3 is 16.3 Å². The zero-order valence-electron chi connectivity index (χ0n) is 10.2. The van der Waals surface area contributed by atoms with E-state index in [-0.39, 0.29) is 23.7 Å². The molecule has 0 aromatic carbocycles. The average molecular weight is 327 g/mol. The van der Waals surface area contributed by atoms with E-state index in [4.69, 9.17) is 10.9 Å². The number of aromatic nitrogens is 1. The number of carbonyl (C=O) groups is 1. The zero-order chi connectivity index (χ0) is 13.8. The molecular weight excluding hydrogens is 312 g/mol. The maximum atomic E-state index is 12.1. The van der Waals surface area contributed by atoms with Crippen molar-refractivity contribution in [3.63, 3.8) is 0 Å². The molecule has 0 aliphatic heterocycles. The van der Waals surface area contributed by atoms with Crippen molar-refractivity contribution in [2.75, 3.05) is 0 Å². The number of amidine groups is 1. The summed E-state index contributed by atoms with van der Waals surface area (Å²) >= 11 is 3.27. The van der Waals surface area contributed by atoms with Gasteiger partial charge in [0.15, 0.2) is 0 Å². The average Bonchev–Trinajstić information content (AvgIpc) is 2.86. The van der Waals surface area contributed by atoms with Crippen LogP contribution in [-0.4, -0.2) is 28.0 Å². The largest absolute Gasteiger partial charge is 0.409 e. The maximum absolute atomic E-state index is 12.1. The Kier molecular flexibility index (Phi) is 4.36. The molecule has 7 heteroatoms. The Morgan fingerprint density at radius 1 is 1.53 bits per heavy atom. The van der Waals surface area contributed by atoms with Crippen molar-refractivity contribution in [3.05, 3.63) is 28.5 Å². The van der Waals surface area contributed by atoms with Gasteiger partial charge in [0.05, 0.1) is 5.56 Å². The van der Waals surface area contributed by atoms with Gasteiger partial charge in [-0.1, -0.05) is 11.6 Å². The van der Waals surface area contributed by atoms with Gasteiger partial charge in [-0.25, -0.2) is 0 Å². The summed E-state index contributed by atoms with van der Waals surface area (Å²) in [6.45, 7) is 0. The van der Waals surface area contributed by atoms with Crippen LogP contribution in [0.15, 0.2) is 28.1 Å². The number of hydrogen-bond donors (Lipinski definition) is 3. The minimum absolute atomic E-state index is 0.0950. The highest BCUT2D eigenvalue weighted by Crippen LogP contribution is 2.26. The van der Waals surface area contributed by atoms with Crippen molar-refractivity contribution >= 4 is 27.7 Å². The molecule has 0 bridgehead atoms. The third-order valence-corrected chi connectivity index (χ3v) is 3.73. The first-order valence-electron chi connectivity index (χ1n) is 6.00. The topological polar surface area (TPSA) is 101 Å². The number of oxime groups is 1. The van der Waals surface area contributed by atoms with Crippen molar-refractivity contribution in [3.8, 4) is 0 Å². The maximum Gasteiger partial charge on any atom is 0.253 e. The fourth-order valence-electron chi connectivity index (χ4n) is 2.35. The summed E-state index contributed by atoms with van der Waals surface area (Å²) in [4.78, 5) is 16.0. The molecule has 19 heavy (non-hydrogen) atoms. The van der Waals surface area contributed by atoms with Gasteiger partial charge in [0, 0.05) is 28.8 Å². The van der Waals surface area contributed by atoms with E-state index in [1.54, 1.807) is 12.3 Å². The number of pyridine rings is 1. The lowest BCUT2D eigenvalue weighted by atomic mass is 10.0. The van der Waals surface area contributed by atoms with Crippen molar-refractivity contribution in [1.29, 1.82) is 0 Å². The summed E-state index contributed by atoms with van der Waals surface area (Å²) < 4.78 is 0.750. The fourth-order valence-corrected chi connectivity index (χ4v) is 2.71. The Morgan fingerprint density at radius 2 is 2.32 bits per heavy atom. The first-order chi connectivity index (χ1) is 9.11. The molecule has 1 fully saturated rings. The highest BCUT2D eigenvalue weighted by atomic mass is 79.9. The van der Waals surface area contributed by atoms with Gasteiger partial charge in [0.2, 0.25) is 0 Å². The van der Waals surface area contributed by atoms with Crippen molar-refractivity contribution < 1.29 is 10.0 Å². The van der Waals surface area contributed by atoms with Gasteiger partial charge in [-0.2, -0.15) is 0 Å². The number of amides is 1. The summed E-state index contributed by atoms with van der Waals surface area (Å²) in [5.74, 6) is -0.124. The molecule has 1 heterocycles. The van der Waals surface area contributed by atoms with Crippen molar-refractivity contribution in [2.45, 2.75) is 25.3 Å². The van der Waals surface area contributed by atoms with Crippen molar-refractivity contribution in [2.24, 2.45) is 16.8 Å². The number of nitrogens with zero attached hydrogens (tertiary/aromatic N) is 2. The molecule has 0 saturated heterocycles. The normalized spacial score (nSPS) is 23.3. The first-order valence-corrected chi connectivity index (χ1v) is 6.80. The van der Waals surface area contributed by atoms with Crippen LogP contribution in [0.3, 0.4) is 0 Å². The molecule has 2 atom stereocenters. The number of nitrogens with two attached hydrogens (primary N) is 1. The number of nitrogens with one attached hydrogen (secondary N) is 1. The molecule has 2 rings (SSSR count). The summed E-state index contributed by atoms with van der Waals surface area (Å²) in [7, 11) is 0. The molecule has 1 aromatic heterocycles. The van der Waals surface area contributed by atoms with Crippen LogP contribution < -0.4 is 11.1 Å². The van der Waals surface area contributed by atoms with E-state index in [2.05, 4.69) is 31.4 Å². The Morgan fingerprint density at radius 3 is 3.00 bits per heavy atom. The molecular formula is C12H15BrN4O2. The fraction of sp³-hybridized carbons (Fsp3) is 0.417. The smallest absolute Gasteiger partial charge is 0.253 e. The second kappa shape index (κ2) is 6.01. The van der Waals surface area contributed by atoms with Gasteiger partial charge in [0.1, 0.15) is 5.84 Å². The molecule has 6 nitrogen and oxygen atoms in total. The third kappa shape index (κ3) is 3.23. The van der Waals surface area contributed by atoms with Crippen molar-refractivity contribution in [1.82, 2.24) is 10.3 Å². The van der Waals surface area contributed by atoms with E-state index in [1.165, 1.54) is 6.20 Å². The SMILES string of the molecule is NC(=NO)C1CCCC1NC(=O)c1cncc(Br)c1. The quantitative estimate of drug-likeness (QED) is 0.339. The van der Waals surface area contributed by atoms with E-state index < -0.39 is 0 Å². The monoisotopic (exact) mass is 326 g/mol. The van der Waals surface area contributed by atoms with Crippen LogP contribution in [0.4, 0.5) is 0 Å². The predicted molar refractivity (Wildman–Crippen MR) is 73.9 cm³/mol. The van der Waals surface area contributed by atoms with Crippen LogP contribution >= 0.6 is 15.9 Å². The molecule has 1 amide bonds. The van der Waals surface area contributed by atoms with Gasteiger partial charge >= 0.3 is 0 Å². The van der Waals surface area contributed by atoms with Gasteiger partial charge in [-0.15, -0.1) is 0 Å². The second-order valence-electron chi connectivity index (χ2n) is 4.53. The molecule has 102 valence electrons. The van der Waals surface area contributed by atoms with Crippen LogP contribution in [0.2, 0.25) is 0 Å². The molecule has 1 saturated carbocycles. The van der Waals surface area contributed by atoms with E-state index in [9.17, 15) is 4.79 Å². The van der Waals surface area contributed by atoms with Gasteiger partial charge in [-0.3, -0.25) is 9.78 Å². The van der Waals surface area contributed by atoms with Gasteiger partial charge in [0.25, 0.3) is 5.91 Å². The molecule has 1 aromatic rings.